The SMILES string of the molecule is C=C(C)Cn1c(C(=O)NCc2cccnc2)cc2sc(Br)cc21. The molecule has 0 saturated heterocycles. The molecule has 0 atom stereocenters. The lowest BCUT2D eigenvalue weighted by molar-refractivity contribution is 0.0942. The largest absolute Gasteiger partial charge is 0.347 e. The number of nitrogens with zero attached hydrogens (tertiary/aromatic N) is 2. The average Bonchev–Trinajstić information content (AvgIpc) is 3.03. The summed E-state index contributed by atoms with van der Waals surface area (Å²) in [5, 5.41) is 2.96. The third-order valence-electron chi connectivity index (χ3n) is 3.40. The molecule has 3 heterocycles. The van der Waals surface area contributed by atoms with Crippen molar-refractivity contribution in [2.45, 2.75) is 20.0 Å². The summed E-state index contributed by atoms with van der Waals surface area (Å²) in [6, 6.07) is 7.78. The van der Waals surface area contributed by atoms with Gasteiger partial charge in [0.05, 0.1) is 14.0 Å². The molecule has 3 aromatic heterocycles. The number of aromatic nitrogens is 2. The van der Waals surface area contributed by atoms with Crippen LogP contribution in [0, 0.1) is 0 Å². The molecule has 3 rings (SSSR count). The van der Waals surface area contributed by atoms with Crippen LogP contribution < -0.4 is 5.32 Å². The lowest BCUT2D eigenvalue weighted by atomic mass is 10.3. The van der Waals surface area contributed by atoms with Gasteiger partial charge in [0.2, 0.25) is 0 Å². The number of pyridine rings is 1. The van der Waals surface area contributed by atoms with Crippen LogP contribution in [-0.4, -0.2) is 15.5 Å². The topological polar surface area (TPSA) is 46.9 Å². The molecule has 0 saturated carbocycles. The minimum Gasteiger partial charge on any atom is -0.347 e. The minimum absolute atomic E-state index is 0.0883. The monoisotopic (exact) mass is 389 g/mol. The minimum atomic E-state index is -0.0883. The molecule has 0 spiro atoms. The molecule has 3 aromatic rings. The molecule has 0 aliphatic carbocycles. The Labute approximate surface area is 147 Å². The van der Waals surface area contributed by atoms with Crippen LogP contribution in [0.5, 0.6) is 0 Å². The number of carbonyl (C=O) groups excluding carboxylic acids is 1. The molecule has 0 aromatic carbocycles. The Bertz CT molecular complexity index is 867. The van der Waals surface area contributed by atoms with Crippen molar-refractivity contribution in [2.24, 2.45) is 0 Å². The lowest BCUT2D eigenvalue weighted by Crippen LogP contribution is -2.25. The molecular weight excluding hydrogens is 374 g/mol. The first-order valence-corrected chi connectivity index (χ1v) is 8.75. The first-order valence-electron chi connectivity index (χ1n) is 7.14. The Morgan fingerprint density at radius 1 is 1.48 bits per heavy atom. The Hall–Kier alpha value is -1.92. The molecule has 6 heteroatoms. The van der Waals surface area contributed by atoms with Crippen molar-refractivity contribution in [3.8, 4) is 0 Å². The summed E-state index contributed by atoms with van der Waals surface area (Å²) in [5.74, 6) is -0.0883. The molecule has 4 nitrogen and oxygen atoms in total. The predicted molar refractivity (Wildman–Crippen MR) is 97.7 cm³/mol. The maximum atomic E-state index is 12.6. The normalized spacial score (nSPS) is 10.9. The van der Waals surface area contributed by atoms with Crippen LogP contribution in [0.25, 0.3) is 10.2 Å². The summed E-state index contributed by atoms with van der Waals surface area (Å²) >= 11 is 5.12. The zero-order chi connectivity index (χ0) is 16.4. The Morgan fingerprint density at radius 3 is 3.00 bits per heavy atom. The van der Waals surface area contributed by atoms with E-state index >= 15 is 0 Å². The van der Waals surface area contributed by atoms with E-state index in [2.05, 4.69) is 32.8 Å². The van der Waals surface area contributed by atoms with Crippen LogP contribution in [0.1, 0.15) is 23.0 Å². The van der Waals surface area contributed by atoms with Crippen LogP contribution >= 0.6 is 27.3 Å². The quantitative estimate of drug-likeness (QED) is 0.658. The maximum absolute atomic E-state index is 12.6. The van der Waals surface area contributed by atoms with Crippen LogP contribution in [-0.2, 0) is 13.1 Å². The van der Waals surface area contributed by atoms with Gasteiger partial charge in [-0.1, -0.05) is 18.2 Å². The van der Waals surface area contributed by atoms with Gasteiger partial charge in [0.15, 0.2) is 0 Å². The van der Waals surface area contributed by atoms with Crippen LogP contribution in [0.3, 0.4) is 0 Å². The fraction of sp³-hybridized carbons (Fsp3) is 0.176. The van der Waals surface area contributed by atoms with Crippen molar-refractivity contribution in [3.63, 3.8) is 0 Å². The molecule has 0 radical (unpaired) electrons. The number of thiophene rings is 1. The Morgan fingerprint density at radius 2 is 2.30 bits per heavy atom. The average molecular weight is 390 g/mol. The highest BCUT2D eigenvalue weighted by molar-refractivity contribution is 9.11. The van der Waals surface area contributed by atoms with Gasteiger partial charge in [0.1, 0.15) is 5.69 Å². The van der Waals surface area contributed by atoms with E-state index in [1.165, 1.54) is 0 Å². The van der Waals surface area contributed by atoms with E-state index in [0.29, 0.717) is 18.8 Å². The summed E-state index contributed by atoms with van der Waals surface area (Å²) in [4.78, 5) is 16.6. The third kappa shape index (κ3) is 3.54. The molecular formula is C17H16BrN3OS. The number of amides is 1. The first-order chi connectivity index (χ1) is 11.0. The van der Waals surface area contributed by atoms with Crippen molar-refractivity contribution < 1.29 is 4.79 Å². The van der Waals surface area contributed by atoms with Gasteiger partial charge in [-0.25, -0.2) is 0 Å². The van der Waals surface area contributed by atoms with Gasteiger partial charge in [0, 0.05) is 25.5 Å². The van der Waals surface area contributed by atoms with Crippen LogP contribution in [0.2, 0.25) is 0 Å². The number of hydrogen-bond acceptors (Lipinski definition) is 3. The molecule has 0 aliphatic rings. The highest BCUT2D eigenvalue weighted by Crippen LogP contribution is 2.32. The van der Waals surface area contributed by atoms with E-state index in [4.69, 9.17) is 0 Å². The highest BCUT2D eigenvalue weighted by atomic mass is 79.9. The molecule has 0 fully saturated rings. The molecule has 23 heavy (non-hydrogen) atoms. The lowest BCUT2D eigenvalue weighted by Gasteiger charge is -2.10. The number of nitrogens with one attached hydrogen (secondary N) is 1. The second-order valence-electron chi connectivity index (χ2n) is 5.42. The van der Waals surface area contributed by atoms with Gasteiger partial charge in [-0.15, -0.1) is 11.3 Å². The second kappa shape index (κ2) is 6.68. The number of fused-ring (bicyclic) bond motifs is 1. The molecule has 118 valence electrons. The van der Waals surface area contributed by atoms with Gasteiger partial charge in [0.25, 0.3) is 5.91 Å². The number of allylic oxidation sites excluding steroid dienone is 1. The van der Waals surface area contributed by atoms with Crippen LogP contribution in [0.15, 0.2) is 52.6 Å². The fourth-order valence-corrected chi connectivity index (χ4v) is 3.98. The van der Waals surface area contributed by atoms with Crippen molar-refractivity contribution in [1.29, 1.82) is 0 Å². The van der Waals surface area contributed by atoms with E-state index < -0.39 is 0 Å². The summed E-state index contributed by atoms with van der Waals surface area (Å²) < 4.78 is 4.15. The first kappa shape index (κ1) is 16.0. The van der Waals surface area contributed by atoms with Crippen molar-refractivity contribution >= 4 is 43.4 Å². The summed E-state index contributed by atoms with van der Waals surface area (Å²) in [7, 11) is 0. The van der Waals surface area contributed by atoms with Crippen molar-refractivity contribution in [1.82, 2.24) is 14.9 Å². The van der Waals surface area contributed by atoms with Crippen molar-refractivity contribution in [2.75, 3.05) is 0 Å². The summed E-state index contributed by atoms with van der Waals surface area (Å²) in [5.41, 5.74) is 3.69. The number of halogens is 1. The molecule has 1 N–H and O–H groups in total. The molecule has 1 amide bonds. The zero-order valence-corrected chi connectivity index (χ0v) is 15.1. The zero-order valence-electron chi connectivity index (χ0n) is 12.7. The van der Waals surface area contributed by atoms with Gasteiger partial charge in [-0.05, 0) is 46.6 Å². The fourth-order valence-electron chi connectivity index (χ4n) is 2.42. The molecule has 0 unspecified atom stereocenters. The Kier molecular flexibility index (Phi) is 4.63. The van der Waals surface area contributed by atoms with Gasteiger partial charge < -0.3 is 9.88 Å². The smallest absolute Gasteiger partial charge is 0.268 e. The summed E-state index contributed by atoms with van der Waals surface area (Å²) in [6.45, 7) is 7.02. The highest BCUT2D eigenvalue weighted by Gasteiger charge is 2.17. The van der Waals surface area contributed by atoms with Crippen LogP contribution in [0.4, 0.5) is 0 Å². The molecule has 0 bridgehead atoms. The van der Waals surface area contributed by atoms with E-state index in [-0.39, 0.29) is 5.91 Å². The number of hydrogen-bond donors (Lipinski definition) is 1. The second-order valence-corrected chi connectivity index (χ2v) is 7.88. The number of rotatable bonds is 5. The Balaban J connectivity index is 1.87. The van der Waals surface area contributed by atoms with Gasteiger partial charge in [-0.2, -0.15) is 0 Å². The standard InChI is InChI=1S/C17H16BrN3OS/c1-11(2)10-21-13-7-16(18)23-15(13)6-14(21)17(22)20-9-12-4-3-5-19-8-12/h3-8H,1,9-10H2,2H3,(H,20,22). The van der Waals surface area contributed by atoms with E-state index in [0.717, 1.165) is 25.1 Å². The third-order valence-corrected chi connectivity index (χ3v) is 4.97. The molecule has 0 aliphatic heterocycles. The van der Waals surface area contributed by atoms with Gasteiger partial charge in [-0.3, -0.25) is 9.78 Å². The predicted octanol–water partition coefficient (Wildman–Crippen LogP) is 4.37. The van der Waals surface area contributed by atoms with E-state index in [1.54, 1.807) is 23.7 Å². The maximum Gasteiger partial charge on any atom is 0.268 e. The number of carbonyl (C=O) groups is 1. The van der Waals surface area contributed by atoms with Gasteiger partial charge >= 0.3 is 0 Å². The van der Waals surface area contributed by atoms with E-state index in [1.807, 2.05) is 35.8 Å². The van der Waals surface area contributed by atoms with Crippen molar-refractivity contribution in [3.05, 3.63) is 63.9 Å². The summed E-state index contributed by atoms with van der Waals surface area (Å²) in [6.07, 6.45) is 3.47. The van der Waals surface area contributed by atoms with E-state index in [9.17, 15) is 4.79 Å².